The maximum atomic E-state index is 11.3. The second kappa shape index (κ2) is 6.17. The second-order valence-electron chi connectivity index (χ2n) is 4.97. The number of nitrogens with two attached hydrogens (primary N) is 1. The summed E-state index contributed by atoms with van der Waals surface area (Å²) in [5, 5.41) is 8.39. The van der Waals surface area contributed by atoms with Gasteiger partial charge in [-0.2, -0.15) is 0 Å². The summed E-state index contributed by atoms with van der Waals surface area (Å²) in [6, 6.07) is 11.0. The SMILES string of the molecule is Cc1ccc(CNc2ccc(S(N)(=O)=O)cc2Br)c(C)c1. The van der Waals surface area contributed by atoms with Gasteiger partial charge in [-0.25, -0.2) is 13.6 Å². The zero-order valence-electron chi connectivity index (χ0n) is 11.9. The van der Waals surface area contributed by atoms with Crippen molar-refractivity contribution in [1.82, 2.24) is 0 Å². The Balaban J connectivity index is 2.17. The first-order chi connectivity index (χ1) is 9.77. The van der Waals surface area contributed by atoms with Crippen molar-refractivity contribution in [3.63, 3.8) is 0 Å². The van der Waals surface area contributed by atoms with E-state index >= 15 is 0 Å². The molecule has 0 unspecified atom stereocenters. The average molecular weight is 369 g/mol. The number of aryl methyl sites for hydroxylation is 2. The molecule has 0 spiro atoms. The van der Waals surface area contributed by atoms with E-state index in [0.29, 0.717) is 11.0 Å². The minimum atomic E-state index is -3.68. The first-order valence-electron chi connectivity index (χ1n) is 6.40. The van der Waals surface area contributed by atoms with Crippen molar-refractivity contribution in [2.45, 2.75) is 25.3 Å². The van der Waals surface area contributed by atoms with Crippen LogP contribution in [-0.2, 0) is 16.6 Å². The Hall–Kier alpha value is -1.37. The molecular weight excluding hydrogens is 352 g/mol. The van der Waals surface area contributed by atoms with Crippen LogP contribution in [0.3, 0.4) is 0 Å². The van der Waals surface area contributed by atoms with Crippen LogP contribution in [0.25, 0.3) is 0 Å². The number of primary sulfonamides is 1. The van der Waals surface area contributed by atoms with Gasteiger partial charge in [0, 0.05) is 16.7 Å². The van der Waals surface area contributed by atoms with E-state index in [2.05, 4.69) is 53.3 Å². The molecule has 0 aromatic heterocycles. The molecule has 0 bridgehead atoms. The molecule has 2 rings (SSSR count). The molecule has 21 heavy (non-hydrogen) atoms. The summed E-state index contributed by atoms with van der Waals surface area (Å²) in [4.78, 5) is 0.0893. The van der Waals surface area contributed by atoms with Crippen LogP contribution in [0.5, 0.6) is 0 Å². The quantitative estimate of drug-likeness (QED) is 0.869. The fourth-order valence-corrected chi connectivity index (χ4v) is 3.26. The van der Waals surface area contributed by atoms with E-state index in [1.807, 2.05) is 0 Å². The lowest BCUT2D eigenvalue weighted by molar-refractivity contribution is 0.598. The number of sulfonamides is 1. The van der Waals surface area contributed by atoms with Crippen LogP contribution < -0.4 is 10.5 Å². The highest BCUT2D eigenvalue weighted by molar-refractivity contribution is 9.10. The number of hydrogen-bond donors (Lipinski definition) is 2. The molecule has 0 saturated heterocycles. The summed E-state index contributed by atoms with van der Waals surface area (Å²) in [7, 11) is -3.68. The van der Waals surface area contributed by atoms with E-state index in [0.717, 1.165) is 5.69 Å². The number of halogens is 1. The topological polar surface area (TPSA) is 72.2 Å². The van der Waals surface area contributed by atoms with Crippen LogP contribution in [0.4, 0.5) is 5.69 Å². The van der Waals surface area contributed by atoms with E-state index in [1.54, 1.807) is 6.07 Å². The van der Waals surface area contributed by atoms with Crippen molar-refractivity contribution in [3.05, 3.63) is 57.6 Å². The lowest BCUT2D eigenvalue weighted by Gasteiger charge is -2.12. The Morgan fingerprint density at radius 1 is 1.14 bits per heavy atom. The molecule has 0 aliphatic heterocycles. The third-order valence-electron chi connectivity index (χ3n) is 3.24. The summed E-state index contributed by atoms with van der Waals surface area (Å²) in [6.45, 7) is 4.80. The van der Waals surface area contributed by atoms with Gasteiger partial charge in [-0.15, -0.1) is 0 Å². The lowest BCUT2D eigenvalue weighted by atomic mass is 10.1. The predicted octanol–water partition coefficient (Wildman–Crippen LogP) is 3.33. The molecule has 2 aromatic rings. The van der Waals surface area contributed by atoms with E-state index in [9.17, 15) is 8.42 Å². The number of rotatable bonds is 4. The third-order valence-corrected chi connectivity index (χ3v) is 4.80. The maximum Gasteiger partial charge on any atom is 0.238 e. The van der Waals surface area contributed by atoms with E-state index in [-0.39, 0.29) is 4.90 Å². The standard InChI is InChI=1S/C15H17BrN2O2S/c1-10-3-4-12(11(2)7-10)9-18-15-6-5-13(8-14(15)16)21(17,19)20/h3-8,18H,9H2,1-2H3,(H2,17,19,20). The van der Waals surface area contributed by atoms with Crippen LogP contribution in [0, 0.1) is 13.8 Å². The molecule has 6 heteroatoms. The summed E-state index contributed by atoms with van der Waals surface area (Å²) in [5.74, 6) is 0. The van der Waals surface area contributed by atoms with Gasteiger partial charge in [0.2, 0.25) is 10.0 Å². The van der Waals surface area contributed by atoms with Gasteiger partial charge in [-0.1, -0.05) is 23.8 Å². The van der Waals surface area contributed by atoms with Gasteiger partial charge in [0.25, 0.3) is 0 Å². The molecule has 112 valence electrons. The lowest BCUT2D eigenvalue weighted by Crippen LogP contribution is -2.12. The van der Waals surface area contributed by atoms with Gasteiger partial charge < -0.3 is 5.32 Å². The Labute approximate surface area is 133 Å². The van der Waals surface area contributed by atoms with Crippen molar-refractivity contribution in [1.29, 1.82) is 0 Å². The normalized spacial score (nSPS) is 11.4. The summed E-state index contributed by atoms with van der Waals surface area (Å²) < 4.78 is 23.2. The predicted molar refractivity (Wildman–Crippen MR) is 88.8 cm³/mol. The molecule has 0 aliphatic carbocycles. The minimum Gasteiger partial charge on any atom is -0.380 e. The number of benzene rings is 2. The van der Waals surface area contributed by atoms with Crippen molar-refractivity contribution >= 4 is 31.6 Å². The van der Waals surface area contributed by atoms with Gasteiger partial charge >= 0.3 is 0 Å². The maximum absolute atomic E-state index is 11.3. The van der Waals surface area contributed by atoms with E-state index in [1.165, 1.54) is 28.8 Å². The number of nitrogens with one attached hydrogen (secondary N) is 1. The monoisotopic (exact) mass is 368 g/mol. The van der Waals surface area contributed by atoms with Crippen molar-refractivity contribution in [2.24, 2.45) is 5.14 Å². The van der Waals surface area contributed by atoms with E-state index < -0.39 is 10.0 Å². The zero-order chi connectivity index (χ0) is 15.6. The Bertz CT molecular complexity index is 773. The molecular formula is C15H17BrN2O2S. The molecule has 0 atom stereocenters. The smallest absolute Gasteiger partial charge is 0.238 e. The Kier molecular flexibility index (Phi) is 4.70. The molecule has 0 radical (unpaired) electrons. The Morgan fingerprint density at radius 3 is 2.43 bits per heavy atom. The molecule has 0 heterocycles. The molecule has 0 fully saturated rings. The minimum absolute atomic E-state index is 0.0893. The van der Waals surface area contributed by atoms with Crippen LogP contribution in [0.1, 0.15) is 16.7 Å². The average Bonchev–Trinajstić information content (AvgIpc) is 2.38. The summed E-state index contributed by atoms with van der Waals surface area (Å²) in [5.41, 5.74) is 4.47. The molecule has 0 amide bonds. The third kappa shape index (κ3) is 4.06. The molecule has 0 aliphatic rings. The fraction of sp³-hybridized carbons (Fsp3) is 0.200. The molecule has 0 saturated carbocycles. The highest BCUT2D eigenvalue weighted by Gasteiger charge is 2.10. The van der Waals surface area contributed by atoms with Crippen LogP contribution in [0.15, 0.2) is 45.8 Å². The number of hydrogen-bond acceptors (Lipinski definition) is 3. The molecule has 4 nitrogen and oxygen atoms in total. The van der Waals surface area contributed by atoms with Crippen LogP contribution >= 0.6 is 15.9 Å². The van der Waals surface area contributed by atoms with Gasteiger partial charge in [-0.05, 0) is 59.1 Å². The molecule has 3 N–H and O–H groups in total. The largest absolute Gasteiger partial charge is 0.380 e. The van der Waals surface area contributed by atoms with Crippen molar-refractivity contribution in [3.8, 4) is 0 Å². The fourth-order valence-electron chi connectivity index (χ4n) is 2.05. The summed E-state index contributed by atoms with van der Waals surface area (Å²) in [6.07, 6.45) is 0. The van der Waals surface area contributed by atoms with Gasteiger partial charge in [0.05, 0.1) is 4.90 Å². The number of anilines is 1. The highest BCUT2D eigenvalue weighted by atomic mass is 79.9. The zero-order valence-corrected chi connectivity index (χ0v) is 14.3. The van der Waals surface area contributed by atoms with Gasteiger partial charge in [0.1, 0.15) is 0 Å². The first kappa shape index (κ1) is 16.0. The van der Waals surface area contributed by atoms with Gasteiger partial charge in [-0.3, -0.25) is 0 Å². The second-order valence-corrected chi connectivity index (χ2v) is 7.39. The van der Waals surface area contributed by atoms with Crippen LogP contribution in [-0.4, -0.2) is 8.42 Å². The Morgan fingerprint density at radius 2 is 1.86 bits per heavy atom. The van der Waals surface area contributed by atoms with Gasteiger partial charge in [0.15, 0.2) is 0 Å². The van der Waals surface area contributed by atoms with Crippen LogP contribution in [0.2, 0.25) is 0 Å². The van der Waals surface area contributed by atoms with Crippen molar-refractivity contribution in [2.75, 3.05) is 5.32 Å². The van der Waals surface area contributed by atoms with E-state index in [4.69, 9.17) is 5.14 Å². The molecule has 2 aromatic carbocycles. The first-order valence-corrected chi connectivity index (χ1v) is 8.73. The highest BCUT2D eigenvalue weighted by Crippen LogP contribution is 2.26. The van der Waals surface area contributed by atoms with Crippen molar-refractivity contribution < 1.29 is 8.42 Å². The summed E-state index contributed by atoms with van der Waals surface area (Å²) >= 11 is 3.36.